The van der Waals surface area contributed by atoms with Crippen LogP contribution in [0.25, 0.3) is 0 Å². The Labute approximate surface area is 135 Å². The van der Waals surface area contributed by atoms with Gasteiger partial charge in [0.2, 0.25) is 0 Å². The molecule has 1 aliphatic heterocycles. The standard InChI is InChI=1S/C18H20N2O3/c1-11-6-13-8-16(23-3)4-5-17(13)12(2)20(11)18(22)14-7-15(21)10-19-9-14/h4-5,7-12,21H,6H2,1-3H3. The number of carbonyl (C=O) groups is 1. The Morgan fingerprint density at radius 1 is 1.30 bits per heavy atom. The fourth-order valence-corrected chi connectivity index (χ4v) is 3.31. The van der Waals surface area contributed by atoms with Crippen LogP contribution in [0, 0.1) is 0 Å². The third kappa shape index (κ3) is 2.74. The normalized spacial score (nSPS) is 20.0. The van der Waals surface area contributed by atoms with E-state index >= 15 is 0 Å². The molecule has 0 saturated heterocycles. The molecule has 2 atom stereocenters. The van der Waals surface area contributed by atoms with Crippen LogP contribution in [0.1, 0.15) is 41.4 Å². The molecule has 1 aliphatic rings. The number of carbonyl (C=O) groups excluding carboxylic acids is 1. The number of ether oxygens (including phenoxy) is 1. The van der Waals surface area contributed by atoms with E-state index in [1.807, 2.05) is 36.9 Å². The number of amides is 1. The number of nitrogens with zero attached hydrogens (tertiary/aromatic N) is 2. The van der Waals surface area contributed by atoms with E-state index in [0.29, 0.717) is 5.56 Å². The minimum absolute atomic E-state index is 0.00157. The topological polar surface area (TPSA) is 62.7 Å². The molecule has 23 heavy (non-hydrogen) atoms. The summed E-state index contributed by atoms with van der Waals surface area (Å²) in [5.74, 6) is 0.716. The van der Waals surface area contributed by atoms with Crippen LogP contribution in [-0.2, 0) is 6.42 Å². The third-order valence-electron chi connectivity index (χ3n) is 4.41. The molecule has 1 aromatic carbocycles. The molecule has 2 unspecified atom stereocenters. The molecular formula is C18H20N2O3. The summed E-state index contributed by atoms with van der Waals surface area (Å²) in [7, 11) is 1.65. The average molecular weight is 312 g/mol. The molecule has 0 bridgehead atoms. The fourth-order valence-electron chi connectivity index (χ4n) is 3.31. The van der Waals surface area contributed by atoms with Crippen molar-refractivity contribution in [1.29, 1.82) is 0 Å². The minimum atomic E-state index is -0.116. The van der Waals surface area contributed by atoms with E-state index in [4.69, 9.17) is 4.74 Å². The van der Waals surface area contributed by atoms with Crippen molar-refractivity contribution in [2.24, 2.45) is 0 Å². The first-order valence-electron chi connectivity index (χ1n) is 7.64. The molecule has 3 rings (SSSR count). The predicted octanol–water partition coefficient (Wildman–Crippen LogP) is 2.94. The Morgan fingerprint density at radius 3 is 2.78 bits per heavy atom. The second-order valence-electron chi connectivity index (χ2n) is 5.94. The van der Waals surface area contributed by atoms with Gasteiger partial charge in [0.1, 0.15) is 11.5 Å². The lowest BCUT2D eigenvalue weighted by molar-refractivity contribution is 0.0579. The highest BCUT2D eigenvalue weighted by molar-refractivity contribution is 5.95. The van der Waals surface area contributed by atoms with Crippen LogP contribution < -0.4 is 4.74 Å². The van der Waals surface area contributed by atoms with Crippen LogP contribution in [-0.4, -0.2) is 34.0 Å². The average Bonchev–Trinajstić information content (AvgIpc) is 2.54. The molecule has 2 heterocycles. The van der Waals surface area contributed by atoms with Crippen molar-refractivity contribution in [2.75, 3.05) is 7.11 Å². The molecule has 1 N–H and O–H groups in total. The summed E-state index contributed by atoms with van der Waals surface area (Å²) in [6.07, 6.45) is 3.58. The van der Waals surface area contributed by atoms with Gasteiger partial charge in [0.05, 0.1) is 24.9 Å². The molecule has 1 aromatic heterocycles. The van der Waals surface area contributed by atoms with Gasteiger partial charge in [0.15, 0.2) is 0 Å². The molecule has 120 valence electrons. The zero-order chi connectivity index (χ0) is 16.6. The fraction of sp³-hybridized carbons (Fsp3) is 0.333. The van der Waals surface area contributed by atoms with E-state index in [9.17, 15) is 9.90 Å². The maximum atomic E-state index is 12.9. The summed E-state index contributed by atoms with van der Waals surface area (Å²) in [6.45, 7) is 4.06. The number of hydrogen-bond donors (Lipinski definition) is 1. The second-order valence-corrected chi connectivity index (χ2v) is 5.94. The lowest BCUT2D eigenvalue weighted by Crippen LogP contribution is -2.45. The van der Waals surface area contributed by atoms with Gasteiger partial charge in [-0.3, -0.25) is 9.78 Å². The Kier molecular flexibility index (Phi) is 3.94. The molecular weight excluding hydrogens is 292 g/mol. The zero-order valence-corrected chi connectivity index (χ0v) is 13.5. The monoisotopic (exact) mass is 312 g/mol. The summed E-state index contributed by atoms with van der Waals surface area (Å²) >= 11 is 0. The number of pyridine rings is 1. The third-order valence-corrected chi connectivity index (χ3v) is 4.41. The highest BCUT2D eigenvalue weighted by atomic mass is 16.5. The largest absolute Gasteiger partial charge is 0.506 e. The molecule has 0 saturated carbocycles. The van der Waals surface area contributed by atoms with E-state index < -0.39 is 0 Å². The van der Waals surface area contributed by atoms with Gasteiger partial charge in [0, 0.05) is 12.2 Å². The van der Waals surface area contributed by atoms with Crippen molar-refractivity contribution in [3.63, 3.8) is 0 Å². The van der Waals surface area contributed by atoms with E-state index in [1.165, 1.54) is 24.0 Å². The van der Waals surface area contributed by atoms with Gasteiger partial charge in [-0.25, -0.2) is 0 Å². The Hall–Kier alpha value is -2.56. The second kappa shape index (κ2) is 5.91. The quantitative estimate of drug-likeness (QED) is 0.926. The van der Waals surface area contributed by atoms with Crippen LogP contribution in [0.4, 0.5) is 0 Å². The molecule has 5 heteroatoms. The van der Waals surface area contributed by atoms with E-state index in [2.05, 4.69) is 4.98 Å². The first-order chi connectivity index (χ1) is 11.0. The number of rotatable bonds is 2. The maximum Gasteiger partial charge on any atom is 0.256 e. The highest BCUT2D eigenvalue weighted by Crippen LogP contribution is 2.35. The van der Waals surface area contributed by atoms with Crippen LogP contribution in [0.5, 0.6) is 11.5 Å². The first-order valence-corrected chi connectivity index (χ1v) is 7.64. The maximum absolute atomic E-state index is 12.9. The summed E-state index contributed by atoms with van der Waals surface area (Å²) in [5, 5.41) is 9.56. The summed E-state index contributed by atoms with van der Waals surface area (Å²) in [4.78, 5) is 18.6. The molecule has 0 aliphatic carbocycles. The number of aromatic nitrogens is 1. The van der Waals surface area contributed by atoms with Crippen molar-refractivity contribution in [3.8, 4) is 11.5 Å². The summed E-state index contributed by atoms with van der Waals surface area (Å²) in [5.41, 5.74) is 2.74. The minimum Gasteiger partial charge on any atom is -0.506 e. The molecule has 0 radical (unpaired) electrons. The van der Waals surface area contributed by atoms with Gasteiger partial charge in [0.25, 0.3) is 5.91 Å². The number of benzene rings is 1. The number of fused-ring (bicyclic) bond motifs is 1. The van der Waals surface area contributed by atoms with Crippen molar-refractivity contribution in [2.45, 2.75) is 32.4 Å². The molecule has 0 spiro atoms. The van der Waals surface area contributed by atoms with Gasteiger partial charge in [-0.05, 0) is 49.6 Å². The Balaban J connectivity index is 1.96. The van der Waals surface area contributed by atoms with Gasteiger partial charge in [-0.2, -0.15) is 0 Å². The number of methoxy groups -OCH3 is 1. The molecule has 5 nitrogen and oxygen atoms in total. The highest BCUT2D eigenvalue weighted by Gasteiger charge is 2.33. The van der Waals surface area contributed by atoms with Crippen LogP contribution in [0.3, 0.4) is 0 Å². The number of aromatic hydroxyl groups is 1. The smallest absolute Gasteiger partial charge is 0.256 e. The van der Waals surface area contributed by atoms with Gasteiger partial charge in [-0.15, -0.1) is 0 Å². The molecule has 1 amide bonds. The lowest BCUT2D eigenvalue weighted by atomic mass is 9.88. The van der Waals surface area contributed by atoms with Crippen molar-refractivity contribution in [3.05, 3.63) is 53.3 Å². The van der Waals surface area contributed by atoms with Crippen molar-refractivity contribution < 1.29 is 14.6 Å². The van der Waals surface area contributed by atoms with E-state index in [0.717, 1.165) is 17.7 Å². The molecule has 2 aromatic rings. The Bertz CT molecular complexity index is 745. The van der Waals surface area contributed by atoms with Gasteiger partial charge >= 0.3 is 0 Å². The predicted molar refractivity (Wildman–Crippen MR) is 86.6 cm³/mol. The van der Waals surface area contributed by atoms with Crippen molar-refractivity contribution >= 4 is 5.91 Å². The Morgan fingerprint density at radius 2 is 2.09 bits per heavy atom. The number of hydrogen-bond acceptors (Lipinski definition) is 4. The SMILES string of the molecule is COc1ccc2c(c1)CC(C)N(C(=O)c1cncc(O)c1)C2C. The van der Waals surface area contributed by atoms with Crippen LogP contribution in [0.2, 0.25) is 0 Å². The summed E-state index contributed by atoms with van der Waals surface area (Å²) in [6, 6.07) is 7.45. The van der Waals surface area contributed by atoms with Crippen LogP contribution in [0.15, 0.2) is 36.7 Å². The van der Waals surface area contributed by atoms with Gasteiger partial charge < -0.3 is 14.7 Å². The first kappa shape index (κ1) is 15.3. The van der Waals surface area contributed by atoms with E-state index in [1.54, 1.807) is 7.11 Å². The lowest BCUT2D eigenvalue weighted by Gasteiger charge is -2.40. The molecule has 0 fully saturated rings. The van der Waals surface area contributed by atoms with Crippen molar-refractivity contribution in [1.82, 2.24) is 9.88 Å². The zero-order valence-electron chi connectivity index (χ0n) is 13.5. The van der Waals surface area contributed by atoms with E-state index in [-0.39, 0.29) is 23.7 Å². The summed E-state index contributed by atoms with van der Waals surface area (Å²) < 4.78 is 5.29. The van der Waals surface area contributed by atoms with Crippen LogP contribution >= 0.6 is 0 Å². The van der Waals surface area contributed by atoms with Gasteiger partial charge in [-0.1, -0.05) is 6.07 Å².